The van der Waals surface area contributed by atoms with E-state index in [1.807, 2.05) is 0 Å². The van der Waals surface area contributed by atoms with Gasteiger partial charge in [0.2, 0.25) is 10.9 Å². The fourth-order valence-electron chi connectivity index (χ4n) is 2.07. The minimum Gasteiger partial charge on any atom is -0.326 e. The van der Waals surface area contributed by atoms with E-state index in [-0.39, 0.29) is 18.0 Å². The molecule has 1 amide bonds. The lowest BCUT2D eigenvalue weighted by atomic mass is 10.2. The maximum Gasteiger partial charge on any atom is 0.416 e. The molecule has 0 fully saturated rings. The minimum absolute atomic E-state index is 0.111. The largest absolute Gasteiger partial charge is 0.416 e. The fourth-order valence-corrected chi connectivity index (χ4v) is 2.95. The molecule has 1 aromatic carbocycles. The molecule has 0 bridgehead atoms. The van der Waals surface area contributed by atoms with Gasteiger partial charge in [-0.3, -0.25) is 4.79 Å². The highest BCUT2D eigenvalue weighted by atomic mass is 32.1. The van der Waals surface area contributed by atoms with Gasteiger partial charge in [0.05, 0.1) is 5.56 Å². The molecule has 2 heterocycles. The van der Waals surface area contributed by atoms with Crippen LogP contribution in [0.1, 0.15) is 22.8 Å². The lowest BCUT2D eigenvalue weighted by Crippen LogP contribution is -2.13. The Balaban J connectivity index is 1.61. The van der Waals surface area contributed by atoms with Crippen LogP contribution in [0.4, 0.5) is 18.9 Å². The average Bonchev–Trinajstić information content (AvgIpc) is 3.07. The zero-order chi connectivity index (χ0) is 17.3. The van der Waals surface area contributed by atoms with Gasteiger partial charge in [-0.25, -0.2) is 0 Å². The molecular weight excluding hydrogens is 343 g/mol. The topological polar surface area (TPSA) is 72.2 Å². The third-order valence-corrected chi connectivity index (χ3v) is 4.19. The van der Waals surface area contributed by atoms with Gasteiger partial charge in [-0.15, -0.1) is 10.2 Å². The summed E-state index contributed by atoms with van der Waals surface area (Å²) in [7, 11) is 0. The summed E-state index contributed by atoms with van der Waals surface area (Å²) in [6, 6.07) is 4.53. The maximum absolute atomic E-state index is 12.6. The first-order chi connectivity index (χ1) is 11.3. The normalized spacial score (nSPS) is 11.8. The molecule has 0 aliphatic heterocycles. The van der Waals surface area contributed by atoms with Gasteiger partial charge in [0, 0.05) is 18.5 Å². The number of aromatic nitrogens is 4. The fraction of sp³-hybridized carbons (Fsp3) is 0.286. The Morgan fingerprint density at radius 2 is 2.12 bits per heavy atom. The molecule has 0 radical (unpaired) electrons. The molecule has 0 saturated carbocycles. The van der Waals surface area contributed by atoms with E-state index in [9.17, 15) is 18.0 Å². The van der Waals surface area contributed by atoms with Gasteiger partial charge in [-0.05, 0) is 25.1 Å². The van der Waals surface area contributed by atoms with Crippen molar-refractivity contribution in [2.24, 2.45) is 0 Å². The van der Waals surface area contributed by atoms with Crippen LogP contribution in [0.2, 0.25) is 0 Å². The van der Waals surface area contributed by atoms with E-state index in [1.165, 1.54) is 23.5 Å². The van der Waals surface area contributed by atoms with Gasteiger partial charge in [-0.1, -0.05) is 17.4 Å². The summed E-state index contributed by atoms with van der Waals surface area (Å²) in [5.74, 6) is 0.276. The number of hydrogen-bond donors (Lipinski definition) is 1. The van der Waals surface area contributed by atoms with Crippen LogP contribution in [0.15, 0.2) is 24.3 Å². The third-order valence-electron chi connectivity index (χ3n) is 3.23. The second kappa shape index (κ2) is 6.19. The summed E-state index contributed by atoms with van der Waals surface area (Å²) in [4.78, 5) is 12.6. The van der Waals surface area contributed by atoms with Crippen LogP contribution in [-0.2, 0) is 17.4 Å². The van der Waals surface area contributed by atoms with Crippen molar-refractivity contribution < 1.29 is 18.0 Å². The number of fused-ring (bicyclic) bond motifs is 1. The van der Waals surface area contributed by atoms with Gasteiger partial charge in [-0.2, -0.15) is 22.8 Å². The van der Waals surface area contributed by atoms with Crippen LogP contribution in [0.25, 0.3) is 4.96 Å². The van der Waals surface area contributed by atoms with E-state index < -0.39 is 11.7 Å². The van der Waals surface area contributed by atoms with Crippen molar-refractivity contribution in [3.05, 3.63) is 40.7 Å². The van der Waals surface area contributed by atoms with Crippen LogP contribution in [-0.4, -0.2) is 25.7 Å². The molecule has 0 aliphatic rings. The molecule has 0 spiro atoms. The first-order valence-electron chi connectivity index (χ1n) is 6.98. The molecule has 10 heteroatoms. The summed E-state index contributed by atoms with van der Waals surface area (Å²) in [5.41, 5.74) is -0.687. The average molecular weight is 355 g/mol. The van der Waals surface area contributed by atoms with Gasteiger partial charge in [0.15, 0.2) is 5.82 Å². The second-order valence-corrected chi connectivity index (χ2v) is 6.10. The lowest BCUT2D eigenvalue weighted by molar-refractivity contribution is -0.137. The molecule has 0 saturated heterocycles. The number of benzene rings is 1. The first-order valence-corrected chi connectivity index (χ1v) is 7.79. The number of amides is 1. The zero-order valence-corrected chi connectivity index (χ0v) is 13.3. The maximum atomic E-state index is 12.6. The first kappa shape index (κ1) is 16.4. The monoisotopic (exact) mass is 355 g/mol. The quantitative estimate of drug-likeness (QED) is 0.781. The number of hydrogen-bond acceptors (Lipinski definition) is 5. The second-order valence-electron chi connectivity index (χ2n) is 5.06. The molecule has 0 atom stereocenters. The summed E-state index contributed by atoms with van der Waals surface area (Å²) < 4.78 is 39.5. The summed E-state index contributed by atoms with van der Waals surface area (Å²) in [5, 5.41) is 15.3. The Morgan fingerprint density at radius 3 is 2.83 bits per heavy atom. The minimum atomic E-state index is -4.44. The van der Waals surface area contributed by atoms with E-state index in [2.05, 4.69) is 20.6 Å². The van der Waals surface area contributed by atoms with Crippen molar-refractivity contribution in [2.75, 3.05) is 5.32 Å². The SMILES string of the molecule is Cc1nnc2sc(CCC(=O)Nc3cccc(C(F)(F)F)c3)nn12. The molecule has 24 heavy (non-hydrogen) atoms. The number of carbonyl (C=O) groups is 1. The molecule has 0 unspecified atom stereocenters. The van der Waals surface area contributed by atoms with Crippen LogP contribution in [0.3, 0.4) is 0 Å². The van der Waals surface area contributed by atoms with Gasteiger partial charge in [0.1, 0.15) is 5.01 Å². The predicted molar refractivity (Wildman–Crippen MR) is 81.8 cm³/mol. The zero-order valence-electron chi connectivity index (χ0n) is 12.5. The van der Waals surface area contributed by atoms with Crippen LogP contribution in [0, 0.1) is 6.92 Å². The molecule has 2 aromatic heterocycles. The van der Waals surface area contributed by atoms with Crippen molar-refractivity contribution in [3.8, 4) is 0 Å². The number of rotatable bonds is 4. The predicted octanol–water partition coefficient (Wildman–Crippen LogP) is 3.08. The number of nitrogens with zero attached hydrogens (tertiary/aromatic N) is 4. The van der Waals surface area contributed by atoms with E-state index >= 15 is 0 Å². The van der Waals surface area contributed by atoms with E-state index in [1.54, 1.807) is 11.4 Å². The number of aryl methyl sites for hydroxylation is 2. The third kappa shape index (κ3) is 3.53. The number of carbonyl (C=O) groups excluding carboxylic acids is 1. The Kier molecular flexibility index (Phi) is 4.22. The van der Waals surface area contributed by atoms with Crippen LogP contribution >= 0.6 is 11.3 Å². The van der Waals surface area contributed by atoms with Crippen molar-refractivity contribution in [3.63, 3.8) is 0 Å². The Bertz CT molecular complexity index is 886. The summed E-state index contributed by atoms with van der Waals surface area (Å²) in [6.07, 6.45) is -3.96. The smallest absolute Gasteiger partial charge is 0.326 e. The van der Waals surface area contributed by atoms with Crippen molar-refractivity contribution in [1.29, 1.82) is 0 Å². The van der Waals surface area contributed by atoms with E-state index in [0.29, 0.717) is 22.2 Å². The Labute approximate surface area is 138 Å². The van der Waals surface area contributed by atoms with E-state index in [4.69, 9.17) is 0 Å². The van der Waals surface area contributed by atoms with Gasteiger partial charge >= 0.3 is 6.18 Å². The number of anilines is 1. The molecule has 3 rings (SSSR count). The van der Waals surface area contributed by atoms with Crippen LogP contribution < -0.4 is 5.32 Å². The molecule has 0 aliphatic carbocycles. The highest BCUT2D eigenvalue weighted by Crippen LogP contribution is 2.30. The molecule has 126 valence electrons. The molecular formula is C14H12F3N5OS. The summed E-state index contributed by atoms with van der Waals surface area (Å²) >= 11 is 1.32. The van der Waals surface area contributed by atoms with Crippen molar-refractivity contribution in [1.82, 2.24) is 19.8 Å². The van der Waals surface area contributed by atoms with Crippen molar-refractivity contribution in [2.45, 2.75) is 25.9 Å². The van der Waals surface area contributed by atoms with Crippen molar-refractivity contribution >= 4 is 27.9 Å². The Morgan fingerprint density at radius 1 is 1.33 bits per heavy atom. The molecule has 3 aromatic rings. The highest BCUT2D eigenvalue weighted by molar-refractivity contribution is 7.16. The highest BCUT2D eigenvalue weighted by Gasteiger charge is 2.30. The number of halogens is 3. The summed E-state index contributed by atoms with van der Waals surface area (Å²) in [6.45, 7) is 1.77. The van der Waals surface area contributed by atoms with Gasteiger partial charge < -0.3 is 5.32 Å². The number of alkyl halides is 3. The van der Waals surface area contributed by atoms with E-state index in [0.717, 1.165) is 12.1 Å². The van der Waals surface area contributed by atoms with Crippen LogP contribution in [0.5, 0.6) is 0 Å². The molecule has 1 N–H and O–H groups in total. The number of nitrogens with one attached hydrogen (secondary N) is 1. The standard InChI is InChI=1S/C14H12F3N5OS/c1-8-19-20-13-22(8)21-12(24-13)6-5-11(23)18-10-4-2-3-9(7-10)14(15,16)17/h2-4,7H,5-6H2,1H3,(H,18,23). The molecule has 6 nitrogen and oxygen atoms in total. The Hall–Kier alpha value is -2.49. The lowest BCUT2D eigenvalue weighted by Gasteiger charge is -2.09. The van der Waals surface area contributed by atoms with Gasteiger partial charge in [0.25, 0.3) is 0 Å².